The first-order valence-corrected chi connectivity index (χ1v) is 10.4. The number of likely N-dealkylation sites (N-methyl/N-ethyl adjacent to an activating group) is 1. The monoisotopic (exact) mass is 383 g/mol. The summed E-state index contributed by atoms with van der Waals surface area (Å²) in [4.78, 5) is 17.2. The number of rotatable bonds is 5. The number of nitro benzene ring substituents is 1. The van der Waals surface area contributed by atoms with E-state index in [4.69, 9.17) is 5.14 Å². The second-order valence-corrected chi connectivity index (χ2v) is 8.41. The van der Waals surface area contributed by atoms with Crippen molar-refractivity contribution in [1.82, 2.24) is 9.80 Å². The molecule has 2 heterocycles. The predicted octanol–water partition coefficient (Wildman–Crippen LogP) is 0.458. The zero-order chi connectivity index (χ0) is 18.9. The largest absolute Gasteiger partial charge is 0.370 e. The van der Waals surface area contributed by atoms with Gasteiger partial charge in [-0.1, -0.05) is 6.92 Å². The molecule has 0 bridgehead atoms. The van der Waals surface area contributed by atoms with Gasteiger partial charge in [-0.2, -0.15) is 0 Å². The molecule has 0 aromatic heterocycles. The third kappa shape index (κ3) is 4.14. The molecule has 1 atom stereocenters. The number of nitrogens with zero attached hydrogens (tertiary/aromatic N) is 4. The second-order valence-electron chi connectivity index (χ2n) is 6.85. The van der Waals surface area contributed by atoms with Crippen molar-refractivity contribution in [2.24, 2.45) is 5.14 Å². The van der Waals surface area contributed by atoms with Crippen molar-refractivity contribution in [3.05, 3.63) is 28.3 Å². The fourth-order valence-electron chi connectivity index (χ4n) is 3.74. The van der Waals surface area contributed by atoms with E-state index in [1.54, 1.807) is 0 Å². The highest BCUT2D eigenvalue weighted by molar-refractivity contribution is 7.89. The SMILES string of the molecule is CCN1CCN(C2CCN(c3cc([N+](=O)[O-])cc(S(N)(=O)=O)c3)C2)CC1. The smallest absolute Gasteiger partial charge is 0.272 e. The van der Waals surface area contributed by atoms with E-state index in [2.05, 4.69) is 16.7 Å². The third-order valence-electron chi connectivity index (χ3n) is 5.31. The molecule has 0 spiro atoms. The summed E-state index contributed by atoms with van der Waals surface area (Å²) < 4.78 is 23.3. The lowest BCUT2D eigenvalue weighted by molar-refractivity contribution is -0.385. The van der Waals surface area contributed by atoms with Crippen LogP contribution in [0.15, 0.2) is 23.1 Å². The Morgan fingerprint density at radius 2 is 1.88 bits per heavy atom. The fourth-order valence-corrected chi connectivity index (χ4v) is 4.31. The van der Waals surface area contributed by atoms with Crippen molar-refractivity contribution < 1.29 is 13.3 Å². The van der Waals surface area contributed by atoms with Crippen molar-refractivity contribution in [2.75, 3.05) is 50.7 Å². The number of nitro groups is 1. The maximum Gasteiger partial charge on any atom is 0.272 e. The van der Waals surface area contributed by atoms with Gasteiger partial charge < -0.3 is 9.80 Å². The van der Waals surface area contributed by atoms with Crippen molar-refractivity contribution in [3.8, 4) is 0 Å². The molecule has 2 saturated heterocycles. The van der Waals surface area contributed by atoms with Crippen molar-refractivity contribution in [2.45, 2.75) is 24.3 Å². The molecule has 2 fully saturated rings. The average Bonchev–Trinajstić information content (AvgIpc) is 3.11. The molecule has 26 heavy (non-hydrogen) atoms. The van der Waals surface area contributed by atoms with Crippen LogP contribution in [0.4, 0.5) is 11.4 Å². The van der Waals surface area contributed by atoms with E-state index in [9.17, 15) is 18.5 Å². The summed E-state index contributed by atoms with van der Waals surface area (Å²) >= 11 is 0. The predicted molar refractivity (Wildman–Crippen MR) is 98.8 cm³/mol. The summed E-state index contributed by atoms with van der Waals surface area (Å²) in [6, 6.07) is 4.24. The average molecular weight is 383 g/mol. The van der Waals surface area contributed by atoms with E-state index >= 15 is 0 Å². The molecule has 2 aliphatic heterocycles. The van der Waals surface area contributed by atoms with E-state index in [0.29, 0.717) is 11.7 Å². The van der Waals surface area contributed by atoms with Gasteiger partial charge in [0.25, 0.3) is 5.69 Å². The van der Waals surface area contributed by atoms with E-state index in [-0.39, 0.29) is 10.6 Å². The number of hydrogen-bond acceptors (Lipinski definition) is 7. The molecule has 2 aliphatic rings. The van der Waals surface area contributed by atoms with Crippen LogP contribution in [0.25, 0.3) is 0 Å². The van der Waals surface area contributed by atoms with Gasteiger partial charge >= 0.3 is 0 Å². The van der Waals surface area contributed by atoms with Gasteiger partial charge in [-0.05, 0) is 19.0 Å². The summed E-state index contributed by atoms with van der Waals surface area (Å²) in [6.45, 7) is 8.85. The lowest BCUT2D eigenvalue weighted by Gasteiger charge is -2.37. The lowest BCUT2D eigenvalue weighted by atomic mass is 10.2. The summed E-state index contributed by atoms with van der Waals surface area (Å²) in [7, 11) is -4.00. The Morgan fingerprint density at radius 3 is 2.46 bits per heavy atom. The number of nitrogens with two attached hydrogens (primary N) is 1. The molecule has 2 N–H and O–H groups in total. The van der Waals surface area contributed by atoms with E-state index in [0.717, 1.165) is 58.3 Å². The van der Waals surface area contributed by atoms with Gasteiger partial charge in [0.2, 0.25) is 10.0 Å². The maximum atomic E-state index is 11.7. The maximum absolute atomic E-state index is 11.7. The Labute approximate surface area is 153 Å². The van der Waals surface area contributed by atoms with Gasteiger partial charge in [0.15, 0.2) is 0 Å². The molecular formula is C16H25N5O4S. The third-order valence-corrected chi connectivity index (χ3v) is 6.21. The Balaban J connectivity index is 1.76. The Hall–Kier alpha value is -1.75. The molecule has 0 radical (unpaired) electrons. The van der Waals surface area contributed by atoms with E-state index < -0.39 is 14.9 Å². The fraction of sp³-hybridized carbons (Fsp3) is 0.625. The van der Waals surface area contributed by atoms with Crippen LogP contribution in [0.2, 0.25) is 0 Å². The van der Waals surface area contributed by atoms with Gasteiger partial charge in [-0.25, -0.2) is 13.6 Å². The van der Waals surface area contributed by atoms with Gasteiger partial charge in [-0.15, -0.1) is 0 Å². The van der Waals surface area contributed by atoms with Gasteiger partial charge in [0.1, 0.15) is 0 Å². The van der Waals surface area contributed by atoms with E-state index in [1.807, 2.05) is 4.90 Å². The van der Waals surface area contributed by atoms with Gasteiger partial charge in [0.05, 0.1) is 9.82 Å². The first kappa shape index (κ1) is 19.0. The van der Waals surface area contributed by atoms with Crippen LogP contribution < -0.4 is 10.0 Å². The van der Waals surface area contributed by atoms with Crippen LogP contribution in [-0.4, -0.2) is 75.0 Å². The van der Waals surface area contributed by atoms with Crippen molar-refractivity contribution >= 4 is 21.4 Å². The van der Waals surface area contributed by atoms with Gasteiger partial charge in [-0.3, -0.25) is 15.0 Å². The topological polar surface area (TPSA) is 113 Å². The summed E-state index contributed by atoms with van der Waals surface area (Å²) in [5, 5.41) is 16.3. The zero-order valence-corrected chi connectivity index (χ0v) is 15.7. The van der Waals surface area contributed by atoms with Crippen molar-refractivity contribution in [1.29, 1.82) is 0 Å². The molecule has 1 aromatic rings. The number of anilines is 1. The molecule has 0 amide bonds. The molecule has 0 aliphatic carbocycles. The highest BCUT2D eigenvalue weighted by Gasteiger charge is 2.31. The number of primary sulfonamides is 1. The molecule has 9 nitrogen and oxygen atoms in total. The minimum absolute atomic E-state index is 0.221. The van der Waals surface area contributed by atoms with Crippen LogP contribution in [0, 0.1) is 10.1 Å². The summed E-state index contributed by atoms with van der Waals surface area (Å²) in [5.74, 6) is 0. The summed E-state index contributed by atoms with van der Waals surface area (Å²) in [5.41, 5.74) is 0.282. The van der Waals surface area contributed by atoms with Crippen LogP contribution in [0.3, 0.4) is 0 Å². The molecule has 10 heteroatoms. The Kier molecular flexibility index (Phi) is 5.47. The molecule has 0 saturated carbocycles. The molecule has 144 valence electrons. The van der Waals surface area contributed by atoms with Crippen LogP contribution in [0.1, 0.15) is 13.3 Å². The minimum Gasteiger partial charge on any atom is -0.370 e. The number of hydrogen-bond donors (Lipinski definition) is 1. The lowest BCUT2D eigenvalue weighted by Crippen LogP contribution is -2.50. The first-order chi connectivity index (χ1) is 12.3. The van der Waals surface area contributed by atoms with Crippen LogP contribution >= 0.6 is 0 Å². The van der Waals surface area contributed by atoms with E-state index in [1.165, 1.54) is 12.1 Å². The normalized spacial score (nSPS) is 22.7. The standard InChI is InChI=1S/C16H25N5O4S/c1-2-18-5-7-19(8-6-18)13-3-4-20(12-13)14-9-15(21(22)23)11-16(10-14)26(17,24)25/h9-11,13H,2-8,12H2,1H3,(H2,17,24,25). The first-order valence-electron chi connectivity index (χ1n) is 8.81. The number of benzene rings is 1. The second kappa shape index (κ2) is 7.47. The van der Waals surface area contributed by atoms with Crippen molar-refractivity contribution in [3.63, 3.8) is 0 Å². The quantitative estimate of drug-likeness (QED) is 0.580. The summed E-state index contributed by atoms with van der Waals surface area (Å²) in [6.07, 6.45) is 0.958. The molecule has 1 aromatic carbocycles. The highest BCUT2D eigenvalue weighted by Crippen LogP contribution is 2.30. The highest BCUT2D eigenvalue weighted by atomic mass is 32.2. The van der Waals surface area contributed by atoms with Gasteiger partial charge in [0, 0.05) is 63.1 Å². The molecular weight excluding hydrogens is 358 g/mol. The van der Waals surface area contributed by atoms with Crippen LogP contribution in [-0.2, 0) is 10.0 Å². The minimum atomic E-state index is -4.00. The Bertz CT molecular complexity index is 777. The molecule has 3 rings (SSSR count). The zero-order valence-electron chi connectivity index (χ0n) is 14.9. The Morgan fingerprint density at radius 1 is 1.19 bits per heavy atom. The van der Waals surface area contributed by atoms with Crippen LogP contribution in [0.5, 0.6) is 0 Å². The number of sulfonamides is 1. The number of piperazine rings is 1. The molecule has 1 unspecified atom stereocenters. The number of non-ortho nitro benzene ring substituents is 1.